The van der Waals surface area contributed by atoms with Crippen LogP contribution in [-0.2, 0) is 14.9 Å². The Bertz CT molecular complexity index is 461. The van der Waals surface area contributed by atoms with Crippen molar-refractivity contribution in [1.82, 2.24) is 0 Å². The second-order valence-electron chi connectivity index (χ2n) is 3.04. The number of hydrogen-bond acceptors (Lipinski definition) is 5. The van der Waals surface area contributed by atoms with Crippen molar-refractivity contribution in [2.24, 2.45) is 0 Å². The summed E-state index contributed by atoms with van der Waals surface area (Å²) in [6, 6.07) is 6.85. The molecule has 7 heteroatoms. The second kappa shape index (κ2) is 6.87. The standard InChI is InChI=1S/C9H11NO2.CH4O3S/c1-2-12-9(11)7-5-3-4-6-8(7)10;1-5(2,3)4/h3-6H,2,10H2,1H3;1H3,(H,2,3,4). The average Bonchev–Trinajstić information content (AvgIpc) is 2.16. The van der Waals surface area contributed by atoms with Gasteiger partial charge >= 0.3 is 5.97 Å². The first-order chi connectivity index (χ1) is 7.75. The van der Waals surface area contributed by atoms with E-state index in [4.69, 9.17) is 15.0 Å². The van der Waals surface area contributed by atoms with E-state index in [9.17, 15) is 13.2 Å². The minimum absolute atomic E-state index is 0.365. The highest BCUT2D eigenvalue weighted by Crippen LogP contribution is 2.11. The van der Waals surface area contributed by atoms with E-state index >= 15 is 0 Å². The molecular weight excluding hydrogens is 246 g/mol. The number of carbonyl (C=O) groups is 1. The highest BCUT2D eigenvalue weighted by molar-refractivity contribution is 7.85. The van der Waals surface area contributed by atoms with Gasteiger partial charge in [0.25, 0.3) is 10.1 Å². The summed E-state index contributed by atoms with van der Waals surface area (Å²) >= 11 is 0. The Balaban J connectivity index is 0.000000437. The number of ether oxygens (including phenoxy) is 1. The van der Waals surface area contributed by atoms with Crippen LogP contribution in [0, 0.1) is 0 Å². The monoisotopic (exact) mass is 261 g/mol. The van der Waals surface area contributed by atoms with Gasteiger partial charge in [0.1, 0.15) is 0 Å². The van der Waals surface area contributed by atoms with Gasteiger partial charge in [-0.05, 0) is 19.1 Å². The quantitative estimate of drug-likeness (QED) is 0.466. The Morgan fingerprint density at radius 2 is 1.88 bits per heavy atom. The highest BCUT2D eigenvalue weighted by atomic mass is 32.2. The molecule has 0 aliphatic heterocycles. The first kappa shape index (κ1) is 15.4. The van der Waals surface area contributed by atoms with Crippen LogP contribution >= 0.6 is 0 Å². The molecule has 1 aromatic carbocycles. The molecular formula is C10H15NO5S. The molecule has 1 aromatic rings. The Morgan fingerprint density at radius 1 is 1.41 bits per heavy atom. The Labute approximate surface area is 100 Å². The molecule has 17 heavy (non-hydrogen) atoms. The Morgan fingerprint density at radius 3 is 2.29 bits per heavy atom. The molecule has 0 heterocycles. The molecule has 0 amide bonds. The molecule has 1 rings (SSSR count). The van der Waals surface area contributed by atoms with E-state index in [-0.39, 0.29) is 5.97 Å². The van der Waals surface area contributed by atoms with Gasteiger partial charge in [-0.15, -0.1) is 0 Å². The lowest BCUT2D eigenvalue weighted by Crippen LogP contribution is -2.07. The Kier molecular flexibility index (Phi) is 6.22. The number of para-hydroxylation sites is 1. The zero-order chi connectivity index (χ0) is 13.5. The summed E-state index contributed by atoms with van der Waals surface area (Å²) in [7, 11) is -3.67. The van der Waals surface area contributed by atoms with Crippen LogP contribution in [0.2, 0.25) is 0 Å². The highest BCUT2D eigenvalue weighted by Gasteiger charge is 2.08. The number of anilines is 1. The van der Waals surface area contributed by atoms with Gasteiger partial charge in [0, 0.05) is 5.69 Å². The predicted molar refractivity (Wildman–Crippen MR) is 64.3 cm³/mol. The van der Waals surface area contributed by atoms with Gasteiger partial charge in [-0.25, -0.2) is 4.79 Å². The summed E-state index contributed by atoms with van der Waals surface area (Å²) in [6.07, 6.45) is 0.715. The number of hydrogen-bond donors (Lipinski definition) is 2. The van der Waals surface area contributed by atoms with Gasteiger partial charge in [0.05, 0.1) is 18.4 Å². The third-order valence-corrected chi connectivity index (χ3v) is 1.46. The van der Waals surface area contributed by atoms with Crippen LogP contribution in [0.25, 0.3) is 0 Å². The van der Waals surface area contributed by atoms with Crippen LogP contribution in [0.3, 0.4) is 0 Å². The smallest absolute Gasteiger partial charge is 0.340 e. The van der Waals surface area contributed by atoms with Gasteiger partial charge in [-0.2, -0.15) is 8.42 Å². The fourth-order valence-corrected chi connectivity index (χ4v) is 0.892. The van der Waals surface area contributed by atoms with Crippen molar-refractivity contribution in [2.75, 3.05) is 18.6 Å². The summed E-state index contributed by atoms with van der Waals surface area (Å²) < 4.78 is 30.7. The molecule has 6 nitrogen and oxygen atoms in total. The van der Waals surface area contributed by atoms with E-state index in [1.807, 2.05) is 0 Å². The molecule has 0 aliphatic rings. The fourth-order valence-electron chi connectivity index (χ4n) is 0.892. The van der Waals surface area contributed by atoms with Gasteiger partial charge in [0.2, 0.25) is 0 Å². The molecule has 0 aliphatic carbocycles. The molecule has 0 aromatic heterocycles. The maximum atomic E-state index is 11.2. The third kappa shape index (κ3) is 8.23. The maximum Gasteiger partial charge on any atom is 0.340 e. The summed E-state index contributed by atoms with van der Waals surface area (Å²) in [4.78, 5) is 11.2. The van der Waals surface area contributed by atoms with Gasteiger partial charge in [-0.1, -0.05) is 12.1 Å². The number of benzene rings is 1. The number of carbonyl (C=O) groups excluding carboxylic acids is 1. The predicted octanol–water partition coefficient (Wildman–Crippen LogP) is 0.950. The van der Waals surface area contributed by atoms with Gasteiger partial charge in [0.15, 0.2) is 0 Å². The van der Waals surface area contributed by atoms with Crippen LogP contribution in [0.15, 0.2) is 24.3 Å². The Hall–Kier alpha value is -1.60. The summed E-state index contributed by atoms with van der Waals surface area (Å²) in [5.41, 5.74) is 6.44. The first-order valence-corrected chi connectivity index (χ1v) is 6.54. The van der Waals surface area contributed by atoms with Crippen molar-refractivity contribution in [1.29, 1.82) is 0 Å². The molecule has 96 valence electrons. The molecule has 0 fully saturated rings. The maximum absolute atomic E-state index is 11.2. The zero-order valence-corrected chi connectivity index (χ0v) is 10.4. The van der Waals surface area contributed by atoms with Crippen LogP contribution in [0.1, 0.15) is 17.3 Å². The lowest BCUT2D eigenvalue weighted by atomic mass is 10.2. The molecule has 3 N–H and O–H groups in total. The minimum atomic E-state index is -3.67. The summed E-state index contributed by atoms with van der Waals surface area (Å²) in [6.45, 7) is 2.13. The molecule has 0 spiro atoms. The molecule has 0 radical (unpaired) electrons. The van der Waals surface area contributed by atoms with E-state index in [2.05, 4.69) is 0 Å². The van der Waals surface area contributed by atoms with E-state index in [0.717, 1.165) is 0 Å². The molecule has 0 saturated carbocycles. The first-order valence-electron chi connectivity index (χ1n) is 4.69. The summed E-state index contributed by atoms with van der Waals surface area (Å²) in [5, 5.41) is 0. The van der Waals surface area contributed by atoms with Crippen molar-refractivity contribution < 1.29 is 22.5 Å². The van der Waals surface area contributed by atoms with Crippen molar-refractivity contribution in [3.05, 3.63) is 29.8 Å². The number of esters is 1. The van der Waals surface area contributed by atoms with Gasteiger partial charge in [-0.3, -0.25) is 4.55 Å². The third-order valence-electron chi connectivity index (χ3n) is 1.46. The normalized spacial score (nSPS) is 10.1. The fraction of sp³-hybridized carbons (Fsp3) is 0.300. The second-order valence-corrected chi connectivity index (χ2v) is 4.51. The largest absolute Gasteiger partial charge is 0.462 e. The number of nitrogens with two attached hydrogens (primary N) is 1. The van der Waals surface area contributed by atoms with E-state index in [1.165, 1.54) is 0 Å². The lowest BCUT2D eigenvalue weighted by molar-refractivity contribution is 0.0527. The van der Waals surface area contributed by atoms with Crippen LogP contribution in [-0.4, -0.2) is 31.8 Å². The SMILES string of the molecule is CCOC(=O)c1ccccc1N.CS(=O)(=O)O. The van der Waals surface area contributed by atoms with Crippen molar-refractivity contribution in [3.63, 3.8) is 0 Å². The zero-order valence-electron chi connectivity index (χ0n) is 9.58. The molecule has 0 saturated heterocycles. The minimum Gasteiger partial charge on any atom is -0.462 e. The van der Waals surface area contributed by atoms with E-state index in [1.54, 1.807) is 31.2 Å². The molecule has 0 atom stereocenters. The number of rotatable bonds is 2. The van der Waals surface area contributed by atoms with Crippen molar-refractivity contribution in [3.8, 4) is 0 Å². The lowest BCUT2D eigenvalue weighted by Gasteiger charge is -2.03. The van der Waals surface area contributed by atoms with Gasteiger partial charge < -0.3 is 10.5 Å². The average molecular weight is 261 g/mol. The van der Waals surface area contributed by atoms with E-state index < -0.39 is 10.1 Å². The van der Waals surface area contributed by atoms with Crippen molar-refractivity contribution in [2.45, 2.75) is 6.92 Å². The van der Waals surface area contributed by atoms with Crippen LogP contribution < -0.4 is 5.73 Å². The topological polar surface area (TPSA) is 107 Å². The van der Waals surface area contributed by atoms with Crippen molar-refractivity contribution >= 4 is 21.8 Å². The summed E-state index contributed by atoms with van der Waals surface area (Å²) in [5.74, 6) is -0.365. The van der Waals surface area contributed by atoms with E-state index in [0.29, 0.717) is 24.1 Å². The molecule has 0 bridgehead atoms. The number of nitrogen functional groups attached to an aromatic ring is 1. The van der Waals surface area contributed by atoms with Crippen LogP contribution in [0.5, 0.6) is 0 Å². The van der Waals surface area contributed by atoms with Crippen LogP contribution in [0.4, 0.5) is 5.69 Å². The molecule has 0 unspecified atom stereocenters.